The molecule has 0 aliphatic rings. The van der Waals surface area contributed by atoms with Crippen LogP contribution in [0.1, 0.15) is 11.1 Å². The molecule has 1 amide bonds. The van der Waals surface area contributed by atoms with Crippen molar-refractivity contribution in [3.63, 3.8) is 0 Å². The van der Waals surface area contributed by atoms with Crippen molar-refractivity contribution in [1.82, 2.24) is 5.43 Å². The largest absolute Gasteiger partial charge is 0.482 e. The van der Waals surface area contributed by atoms with Gasteiger partial charge in [-0.1, -0.05) is 46.3 Å². The zero-order chi connectivity index (χ0) is 15.8. The summed E-state index contributed by atoms with van der Waals surface area (Å²) in [5.41, 5.74) is 3.60. The van der Waals surface area contributed by atoms with Gasteiger partial charge in [-0.2, -0.15) is 10.4 Å². The predicted molar refractivity (Wildman–Crippen MR) is 86.5 cm³/mol. The first kappa shape index (κ1) is 15.7. The number of carbonyl (C=O) groups is 1. The molecular weight excluding hydrogens is 346 g/mol. The van der Waals surface area contributed by atoms with Gasteiger partial charge in [-0.25, -0.2) is 5.43 Å². The number of amides is 1. The fraction of sp³-hybridized carbons (Fsp3) is 0.0625. The second kappa shape index (κ2) is 7.96. The SMILES string of the molecule is N#Cc1ccccc1OCC(=O)N/N=C/c1ccccc1Br. The van der Waals surface area contributed by atoms with Crippen molar-refractivity contribution in [2.24, 2.45) is 5.10 Å². The number of nitriles is 1. The molecule has 2 aromatic rings. The van der Waals surface area contributed by atoms with Crippen molar-refractivity contribution in [2.75, 3.05) is 6.61 Å². The maximum Gasteiger partial charge on any atom is 0.277 e. The van der Waals surface area contributed by atoms with Crippen LogP contribution in [0.2, 0.25) is 0 Å². The molecule has 0 saturated heterocycles. The lowest BCUT2D eigenvalue weighted by atomic mass is 10.2. The molecule has 2 rings (SSSR count). The van der Waals surface area contributed by atoms with Crippen LogP contribution in [0.25, 0.3) is 0 Å². The summed E-state index contributed by atoms with van der Waals surface area (Å²) in [7, 11) is 0. The molecule has 0 heterocycles. The molecule has 0 aliphatic carbocycles. The van der Waals surface area contributed by atoms with Crippen LogP contribution in [0, 0.1) is 11.3 Å². The molecule has 0 aliphatic heterocycles. The lowest BCUT2D eigenvalue weighted by Crippen LogP contribution is -2.24. The van der Waals surface area contributed by atoms with Gasteiger partial charge in [0.1, 0.15) is 11.8 Å². The molecule has 22 heavy (non-hydrogen) atoms. The van der Waals surface area contributed by atoms with Gasteiger partial charge in [0.15, 0.2) is 6.61 Å². The summed E-state index contributed by atoms with van der Waals surface area (Å²) < 4.78 is 6.18. The Kier molecular flexibility index (Phi) is 5.69. The maximum atomic E-state index is 11.6. The average Bonchev–Trinajstić information content (AvgIpc) is 2.55. The number of nitrogens with zero attached hydrogens (tertiary/aromatic N) is 2. The van der Waals surface area contributed by atoms with Gasteiger partial charge in [-0.15, -0.1) is 0 Å². The Morgan fingerprint density at radius 1 is 1.27 bits per heavy atom. The van der Waals surface area contributed by atoms with Crippen LogP contribution in [0.3, 0.4) is 0 Å². The highest BCUT2D eigenvalue weighted by Gasteiger charge is 2.05. The molecule has 0 bridgehead atoms. The Labute approximate surface area is 136 Å². The number of hydrazone groups is 1. The number of ether oxygens (including phenoxy) is 1. The van der Waals surface area contributed by atoms with Crippen LogP contribution in [0.15, 0.2) is 58.1 Å². The van der Waals surface area contributed by atoms with Gasteiger partial charge >= 0.3 is 0 Å². The van der Waals surface area contributed by atoms with Crippen LogP contribution in [-0.2, 0) is 4.79 Å². The van der Waals surface area contributed by atoms with Gasteiger partial charge in [0.25, 0.3) is 5.91 Å². The second-order valence-electron chi connectivity index (χ2n) is 4.21. The van der Waals surface area contributed by atoms with E-state index >= 15 is 0 Å². The van der Waals surface area contributed by atoms with E-state index in [1.54, 1.807) is 24.3 Å². The number of halogens is 1. The second-order valence-corrected chi connectivity index (χ2v) is 5.07. The van der Waals surface area contributed by atoms with Crippen molar-refractivity contribution >= 4 is 28.1 Å². The Morgan fingerprint density at radius 3 is 2.77 bits per heavy atom. The van der Waals surface area contributed by atoms with Crippen molar-refractivity contribution in [3.05, 3.63) is 64.1 Å². The minimum absolute atomic E-state index is 0.216. The molecule has 0 saturated carbocycles. The van der Waals surface area contributed by atoms with Gasteiger partial charge in [-0.05, 0) is 18.2 Å². The Morgan fingerprint density at radius 2 is 2.00 bits per heavy atom. The van der Waals surface area contributed by atoms with Gasteiger partial charge < -0.3 is 4.74 Å². The normalized spacial score (nSPS) is 10.2. The van der Waals surface area contributed by atoms with Crippen molar-refractivity contribution in [1.29, 1.82) is 5.26 Å². The highest BCUT2D eigenvalue weighted by atomic mass is 79.9. The molecule has 1 N–H and O–H groups in total. The Hall–Kier alpha value is -2.65. The third-order valence-electron chi connectivity index (χ3n) is 2.66. The van der Waals surface area contributed by atoms with Crippen molar-refractivity contribution < 1.29 is 9.53 Å². The van der Waals surface area contributed by atoms with E-state index in [1.807, 2.05) is 30.3 Å². The zero-order valence-electron chi connectivity index (χ0n) is 11.5. The first-order valence-corrected chi connectivity index (χ1v) is 7.18. The summed E-state index contributed by atoms with van der Waals surface area (Å²) in [4.78, 5) is 11.6. The standard InChI is InChI=1S/C16H12BrN3O2/c17-14-7-3-1-6-13(14)10-19-20-16(21)11-22-15-8-4-2-5-12(15)9-18/h1-8,10H,11H2,(H,20,21)/b19-10+. The third kappa shape index (κ3) is 4.43. The van der Waals surface area contributed by atoms with Gasteiger partial charge in [0.05, 0.1) is 11.8 Å². The number of hydrogen-bond donors (Lipinski definition) is 1. The van der Waals surface area contributed by atoms with Crippen LogP contribution < -0.4 is 10.2 Å². The molecule has 6 heteroatoms. The number of benzene rings is 2. The highest BCUT2D eigenvalue weighted by molar-refractivity contribution is 9.10. The Balaban J connectivity index is 1.86. The van der Waals surface area contributed by atoms with Crippen molar-refractivity contribution in [2.45, 2.75) is 0 Å². The van der Waals surface area contributed by atoms with Gasteiger partial charge in [-0.3, -0.25) is 4.79 Å². The quantitative estimate of drug-likeness (QED) is 0.660. The summed E-state index contributed by atoms with van der Waals surface area (Å²) in [5, 5.41) is 12.8. The fourth-order valence-electron chi connectivity index (χ4n) is 1.61. The maximum absolute atomic E-state index is 11.6. The predicted octanol–water partition coefficient (Wildman–Crippen LogP) is 2.85. The minimum atomic E-state index is -0.406. The zero-order valence-corrected chi connectivity index (χ0v) is 13.1. The summed E-state index contributed by atoms with van der Waals surface area (Å²) >= 11 is 3.38. The van der Waals surface area contributed by atoms with Gasteiger partial charge in [0.2, 0.25) is 0 Å². The third-order valence-corrected chi connectivity index (χ3v) is 3.39. The average molecular weight is 358 g/mol. The van der Waals surface area contributed by atoms with E-state index in [2.05, 4.69) is 26.5 Å². The van der Waals surface area contributed by atoms with E-state index in [0.29, 0.717) is 11.3 Å². The van der Waals surface area contributed by atoms with E-state index < -0.39 is 5.91 Å². The van der Waals surface area contributed by atoms with Crippen LogP contribution in [-0.4, -0.2) is 18.7 Å². The molecule has 5 nitrogen and oxygen atoms in total. The molecule has 0 radical (unpaired) electrons. The highest BCUT2D eigenvalue weighted by Crippen LogP contribution is 2.16. The number of para-hydroxylation sites is 1. The molecular formula is C16H12BrN3O2. The van der Waals surface area contributed by atoms with Crippen LogP contribution in [0.5, 0.6) is 5.75 Å². The molecule has 0 atom stereocenters. The van der Waals surface area contributed by atoms with E-state index in [4.69, 9.17) is 10.00 Å². The van der Waals surface area contributed by atoms with Crippen molar-refractivity contribution in [3.8, 4) is 11.8 Å². The van der Waals surface area contributed by atoms with Gasteiger partial charge in [0, 0.05) is 10.0 Å². The molecule has 0 fully saturated rings. The summed E-state index contributed by atoms with van der Waals surface area (Å²) in [6.07, 6.45) is 1.53. The molecule has 0 unspecified atom stereocenters. The lowest BCUT2D eigenvalue weighted by Gasteiger charge is -2.06. The molecule has 0 spiro atoms. The molecule has 110 valence electrons. The summed E-state index contributed by atoms with van der Waals surface area (Å²) in [5.74, 6) is -0.0361. The topological polar surface area (TPSA) is 74.5 Å². The monoisotopic (exact) mass is 357 g/mol. The van der Waals surface area contributed by atoms with E-state index in [0.717, 1.165) is 10.0 Å². The molecule has 0 aromatic heterocycles. The number of carbonyl (C=O) groups excluding carboxylic acids is 1. The van der Waals surface area contributed by atoms with E-state index in [9.17, 15) is 4.79 Å². The van der Waals surface area contributed by atoms with E-state index in [1.165, 1.54) is 6.21 Å². The smallest absolute Gasteiger partial charge is 0.277 e. The van der Waals surface area contributed by atoms with E-state index in [-0.39, 0.29) is 6.61 Å². The summed E-state index contributed by atoms with van der Waals surface area (Å²) in [6, 6.07) is 16.2. The lowest BCUT2D eigenvalue weighted by molar-refractivity contribution is -0.123. The summed E-state index contributed by atoms with van der Waals surface area (Å²) in [6.45, 7) is -0.216. The minimum Gasteiger partial charge on any atom is -0.482 e. The first-order valence-electron chi connectivity index (χ1n) is 6.39. The number of hydrogen-bond acceptors (Lipinski definition) is 4. The van der Waals surface area contributed by atoms with Crippen LogP contribution in [0.4, 0.5) is 0 Å². The first-order chi connectivity index (χ1) is 10.7. The number of rotatable bonds is 5. The molecule has 2 aromatic carbocycles. The number of nitrogens with one attached hydrogen (secondary N) is 1. The fourth-order valence-corrected chi connectivity index (χ4v) is 2.00. The van der Waals surface area contributed by atoms with Crippen LogP contribution >= 0.6 is 15.9 Å². The Bertz CT molecular complexity index is 738.